The zero-order chi connectivity index (χ0) is 15.6. The van der Waals surface area contributed by atoms with Crippen LogP contribution in [0.1, 0.15) is 44.7 Å². The van der Waals surface area contributed by atoms with E-state index in [0.29, 0.717) is 5.92 Å². The molecule has 1 saturated carbocycles. The van der Waals surface area contributed by atoms with Crippen LogP contribution in [0.4, 0.5) is 0 Å². The highest BCUT2D eigenvalue weighted by molar-refractivity contribution is 5.75. The molecular formula is C18H26O3. The smallest absolute Gasteiger partial charge is 0.308 e. The monoisotopic (exact) mass is 290 g/mol. The third kappa shape index (κ3) is 3.78. The van der Waals surface area contributed by atoms with Gasteiger partial charge in [0.1, 0.15) is 5.75 Å². The second-order valence-electron chi connectivity index (χ2n) is 6.95. The molecule has 0 amide bonds. The van der Waals surface area contributed by atoms with Gasteiger partial charge in [-0.15, -0.1) is 0 Å². The number of hydrogen-bond donors (Lipinski definition) is 0. The first kappa shape index (κ1) is 15.9. The van der Waals surface area contributed by atoms with E-state index in [1.807, 2.05) is 0 Å². The second kappa shape index (κ2) is 6.08. The van der Waals surface area contributed by atoms with Gasteiger partial charge in [0.05, 0.1) is 20.1 Å². The number of ether oxygens (including phenoxy) is 2. The summed E-state index contributed by atoms with van der Waals surface area (Å²) in [6.45, 7) is 6.59. The third-order valence-electron chi connectivity index (χ3n) is 4.30. The molecule has 116 valence electrons. The van der Waals surface area contributed by atoms with Crippen molar-refractivity contribution in [3.63, 3.8) is 0 Å². The van der Waals surface area contributed by atoms with Crippen molar-refractivity contribution < 1.29 is 14.3 Å². The fraction of sp³-hybridized carbons (Fsp3) is 0.611. The summed E-state index contributed by atoms with van der Waals surface area (Å²) in [5.74, 6) is 1.53. The molecule has 0 N–H and O–H groups in total. The van der Waals surface area contributed by atoms with E-state index in [2.05, 4.69) is 39.0 Å². The summed E-state index contributed by atoms with van der Waals surface area (Å²) >= 11 is 0. The highest BCUT2D eigenvalue weighted by atomic mass is 16.5. The zero-order valence-corrected chi connectivity index (χ0v) is 13.7. The minimum absolute atomic E-state index is 0.0508. The fourth-order valence-corrected chi connectivity index (χ4v) is 2.86. The van der Waals surface area contributed by atoms with Crippen LogP contribution < -0.4 is 4.74 Å². The molecule has 0 spiro atoms. The third-order valence-corrected chi connectivity index (χ3v) is 4.30. The van der Waals surface area contributed by atoms with E-state index in [1.165, 1.54) is 18.2 Å². The predicted octanol–water partition coefficient (Wildman–Crippen LogP) is 3.73. The number of carbonyl (C=O) groups excluding carboxylic acids is 1. The maximum Gasteiger partial charge on any atom is 0.308 e. The normalized spacial score (nSPS) is 21.0. The van der Waals surface area contributed by atoms with Gasteiger partial charge >= 0.3 is 5.97 Å². The molecule has 1 aliphatic carbocycles. The Hall–Kier alpha value is -1.51. The molecule has 1 fully saturated rings. The largest absolute Gasteiger partial charge is 0.496 e. The van der Waals surface area contributed by atoms with Crippen LogP contribution in [0.5, 0.6) is 5.75 Å². The van der Waals surface area contributed by atoms with Gasteiger partial charge in [0, 0.05) is 0 Å². The molecule has 0 saturated heterocycles. The van der Waals surface area contributed by atoms with Crippen molar-refractivity contribution in [1.29, 1.82) is 0 Å². The lowest BCUT2D eigenvalue weighted by molar-refractivity contribution is -0.142. The molecule has 0 bridgehead atoms. The van der Waals surface area contributed by atoms with Gasteiger partial charge in [-0.05, 0) is 47.8 Å². The molecule has 0 radical (unpaired) electrons. The van der Waals surface area contributed by atoms with Gasteiger partial charge < -0.3 is 9.47 Å². The summed E-state index contributed by atoms with van der Waals surface area (Å²) in [6, 6.07) is 6.43. The molecule has 2 unspecified atom stereocenters. The lowest BCUT2D eigenvalue weighted by atomic mass is 9.85. The summed E-state index contributed by atoms with van der Waals surface area (Å²) in [6.07, 6.45) is 3.04. The fourth-order valence-electron chi connectivity index (χ4n) is 2.86. The molecule has 1 aliphatic rings. The number of rotatable bonds is 5. The maximum atomic E-state index is 11.4. The molecule has 0 heterocycles. The zero-order valence-electron chi connectivity index (χ0n) is 13.7. The average Bonchev–Trinajstić information content (AvgIpc) is 3.22. The molecule has 2 atom stereocenters. The van der Waals surface area contributed by atoms with Crippen molar-refractivity contribution in [2.45, 2.75) is 45.4 Å². The minimum Gasteiger partial charge on any atom is -0.496 e. The Morgan fingerprint density at radius 3 is 2.57 bits per heavy atom. The molecular weight excluding hydrogens is 264 g/mol. The van der Waals surface area contributed by atoms with Gasteiger partial charge in [0.15, 0.2) is 0 Å². The van der Waals surface area contributed by atoms with Crippen molar-refractivity contribution in [3.05, 3.63) is 29.3 Å². The molecule has 21 heavy (non-hydrogen) atoms. The Labute approximate surface area is 127 Å². The van der Waals surface area contributed by atoms with E-state index >= 15 is 0 Å². The van der Waals surface area contributed by atoms with Crippen LogP contribution in [-0.2, 0) is 21.4 Å². The quantitative estimate of drug-likeness (QED) is 0.775. The first-order valence-corrected chi connectivity index (χ1v) is 7.62. The van der Waals surface area contributed by atoms with Crippen LogP contribution in [0.15, 0.2) is 18.2 Å². The van der Waals surface area contributed by atoms with E-state index in [1.54, 1.807) is 7.11 Å². The van der Waals surface area contributed by atoms with E-state index in [4.69, 9.17) is 9.47 Å². The van der Waals surface area contributed by atoms with Gasteiger partial charge in [-0.3, -0.25) is 4.79 Å². The highest BCUT2D eigenvalue weighted by Gasteiger charge is 2.43. The Kier molecular flexibility index (Phi) is 4.60. The van der Waals surface area contributed by atoms with Crippen LogP contribution in [0.25, 0.3) is 0 Å². The number of aryl methyl sites for hydroxylation is 1. The summed E-state index contributed by atoms with van der Waals surface area (Å²) < 4.78 is 10.3. The molecule has 2 rings (SSSR count). The summed E-state index contributed by atoms with van der Waals surface area (Å²) in [4.78, 5) is 11.4. The van der Waals surface area contributed by atoms with Crippen LogP contribution in [0.3, 0.4) is 0 Å². The van der Waals surface area contributed by atoms with Crippen molar-refractivity contribution in [3.8, 4) is 5.75 Å². The Balaban J connectivity index is 2.00. The summed E-state index contributed by atoms with van der Waals surface area (Å²) in [5.41, 5.74) is 2.62. The van der Waals surface area contributed by atoms with Crippen LogP contribution >= 0.6 is 0 Å². The first-order valence-electron chi connectivity index (χ1n) is 7.62. The highest BCUT2D eigenvalue weighted by Crippen LogP contribution is 2.43. The Morgan fingerprint density at radius 2 is 2.00 bits per heavy atom. The molecule has 3 heteroatoms. The van der Waals surface area contributed by atoms with Crippen LogP contribution in [0, 0.1) is 11.8 Å². The van der Waals surface area contributed by atoms with Crippen molar-refractivity contribution in [1.82, 2.24) is 0 Å². The van der Waals surface area contributed by atoms with E-state index < -0.39 is 0 Å². The molecule has 1 aromatic rings. The second-order valence-corrected chi connectivity index (χ2v) is 6.95. The lowest BCUT2D eigenvalue weighted by Gasteiger charge is -2.23. The Morgan fingerprint density at radius 1 is 1.29 bits per heavy atom. The summed E-state index contributed by atoms with van der Waals surface area (Å²) in [7, 11) is 3.19. The standard InChI is InChI=1S/C18H26O3/c1-18(2,3)15-10-12(7-9-16(15)20-4)6-8-13-11-14(13)17(19)21-5/h7,9-10,13-14H,6,8,11H2,1-5H3. The van der Waals surface area contributed by atoms with Gasteiger partial charge in [0.25, 0.3) is 0 Å². The lowest BCUT2D eigenvalue weighted by Crippen LogP contribution is -2.13. The topological polar surface area (TPSA) is 35.5 Å². The first-order chi connectivity index (χ1) is 9.86. The number of carbonyl (C=O) groups is 1. The van der Waals surface area contributed by atoms with Crippen LogP contribution in [-0.4, -0.2) is 20.2 Å². The maximum absolute atomic E-state index is 11.4. The number of hydrogen-bond acceptors (Lipinski definition) is 3. The van der Waals surface area contributed by atoms with Gasteiger partial charge in [-0.2, -0.15) is 0 Å². The SMILES string of the molecule is COC(=O)C1CC1CCc1ccc(OC)c(C(C)(C)C)c1. The van der Waals surface area contributed by atoms with Crippen molar-refractivity contribution in [2.24, 2.45) is 11.8 Å². The number of methoxy groups -OCH3 is 2. The van der Waals surface area contributed by atoms with E-state index in [9.17, 15) is 4.79 Å². The van der Waals surface area contributed by atoms with E-state index in [0.717, 1.165) is 25.0 Å². The summed E-state index contributed by atoms with van der Waals surface area (Å²) in [5, 5.41) is 0. The van der Waals surface area contributed by atoms with Crippen molar-refractivity contribution >= 4 is 5.97 Å². The van der Waals surface area contributed by atoms with Gasteiger partial charge in [-0.1, -0.05) is 32.9 Å². The molecule has 1 aromatic carbocycles. The number of benzene rings is 1. The van der Waals surface area contributed by atoms with Crippen LogP contribution in [0.2, 0.25) is 0 Å². The van der Waals surface area contributed by atoms with E-state index in [-0.39, 0.29) is 17.3 Å². The van der Waals surface area contributed by atoms with Gasteiger partial charge in [0.2, 0.25) is 0 Å². The predicted molar refractivity (Wildman–Crippen MR) is 83.6 cm³/mol. The number of esters is 1. The molecule has 0 aromatic heterocycles. The molecule has 0 aliphatic heterocycles. The average molecular weight is 290 g/mol. The van der Waals surface area contributed by atoms with Crippen molar-refractivity contribution in [2.75, 3.05) is 14.2 Å². The van der Waals surface area contributed by atoms with Gasteiger partial charge in [-0.25, -0.2) is 0 Å². The minimum atomic E-state index is -0.0508. The Bertz CT molecular complexity index is 514. The molecule has 3 nitrogen and oxygen atoms in total.